The summed E-state index contributed by atoms with van der Waals surface area (Å²) in [5.41, 5.74) is 0.0178. The smallest absolute Gasteiger partial charge is 0.310 e. The number of hydrogen-bond acceptors (Lipinski definition) is 2. The zero-order chi connectivity index (χ0) is 16.0. The Balaban J connectivity index is 2.72. The van der Waals surface area contributed by atoms with Crippen molar-refractivity contribution < 1.29 is 14.7 Å². The van der Waals surface area contributed by atoms with Crippen LogP contribution in [0.3, 0.4) is 0 Å². The molecular formula is C16H22BrNO3. The third kappa shape index (κ3) is 4.56. The second kappa shape index (κ2) is 7.59. The molecule has 5 heteroatoms. The summed E-state index contributed by atoms with van der Waals surface area (Å²) in [6, 6.07) is 7.54. The van der Waals surface area contributed by atoms with Gasteiger partial charge in [0.2, 0.25) is 5.91 Å². The summed E-state index contributed by atoms with van der Waals surface area (Å²) in [4.78, 5) is 23.6. The Hall–Kier alpha value is -1.36. The fourth-order valence-corrected chi connectivity index (χ4v) is 2.58. The van der Waals surface area contributed by atoms with Gasteiger partial charge in [0.05, 0.1) is 11.5 Å². The first-order valence-corrected chi connectivity index (χ1v) is 7.92. The fourth-order valence-electron chi connectivity index (χ4n) is 2.31. The zero-order valence-electron chi connectivity index (χ0n) is 12.6. The molecule has 0 heterocycles. The zero-order valence-corrected chi connectivity index (χ0v) is 14.2. The summed E-state index contributed by atoms with van der Waals surface area (Å²) in [7, 11) is 0. The van der Waals surface area contributed by atoms with E-state index in [1.54, 1.807) is 0 Å². The summed E-state index contributed by atoms with van der Waals surface area (Å²) in [5, 5.41) is 12.2. The molecule has 0 aliphatic rings. The van der Waals surface area contributed by atoms with Crippen LogP contribution in [0.2, 0.25) is 0 Å². The van der Waals surface area contributed by atoms with Crippen molar-refractivity contribution in [3.05, 3.63) is 34.3 Å². The van der Waals surface area contributed by atoms with E-state index in [-0.39, 0.29) is 18.4 Å². The van der Waals surface area contributed by atoms with E-state index < -0.39 is 11.4 Å². The van der Waals surface area contributed by atoms with Crippen molar-refractivity contribution in [3.63, 3.8) is 0 Å². The first kappa shape index (κ1) is 17.7. The van der Waals surface area contributed by atoms with Crippen molar-refractivity contribution in [2.24, 2.45) is 5.41 Å². The lowest BCUT2D eigenvalue weighted by molar-refractivity contribution is -0.152. The second-order valence-corrected chi connectivity index (χ2v) is 6.23. The summed E-state index contributed by atoms with van der Waals surface area (Å²) in [6.45, 7) is 5.51. The number of aliphatic carboxylic acids is 1. The van der Waals surface area contributed by atoms with E-state index in [4.69, 9.17) is 0 Å². The molecule has 0 saturated heterocycles. The first-order valence-electron chi connectivity index (χ1n) is 7.13. The molecule has 1 aromatic carbocycles. The molecule has 0 fully saturated rings. The Morgan fingerprint density at radius 2 is 1.76 bits per heavy atom. The maximum absolute atomic E-state index is 12.1. The van der Waals surface area contributed by atoms with E-state index in [1.165, 1.54) is 0 Å². The van der Waals surface area contributed by atoms with E-state index in [0.29, 0.717) is 12.8 Å². The third-order valence-electron chi connectivity index (χ3n) is 4.05. The van der Waals surface area contributed by atoms with Crippen LogP contribution < -0.4 is 5.32 Å². The highest BCUT2D eigenvalue weighted by Gasteiger charge is 2.37. The number of benzene rings is 1. The van der Waals surface area contributed by atoms with Crippen LogP contribution in [-0.2, 0) is 9.59 Å². The molecule has 0 aliphatic carbocycles. The molecule has 0 radical (unpaired) electrons. The molecule has 0 aliphatic heterocycles. The number of carbonyl (C=O) groups excluding carboxylic acids is 1. The molecule has 0 aromatic heterocycles. The van der Waals surface area contributed by atoms with Gasteiger partial charge in [-0.25, -0.2) is 0 Å². The SMILES string of the molecule is CCC(CC)(CC(=O)NC(C)c1ccc(Br)cc1)C(=O)O. The molecule has 2 N–H and O–H groups in total. The van der Waals surface area contributed by atoms with Gasteiger partial charge in [0.1, 0.15) is 0 Å². The van der Waals surface area contributed by atoms with Crippen molar-refractivity contribution >= 4 is 27.8 Å². The number of carbonyl (C=O) groups is 2. The van der Waals surface area contributed by atoms with Gasteiger partial charge in [-0.2, -0.15) is 0 Å². The van der Waals surface area contributed by atoms with Crippen LogP contribution in [0.4, 0.5) is 0 Å². The van der Waals surface area contributed by atoms with E-state index in [0.717, 1.165) is 10.0 Å². The van der Waals surface area contributed by atoms with Crippen molar-refractivity contribution in [1.82, 2.24) is 5.32 Å². The normalized spacial score (nSPS) is 12.8. The Labute approximate surface area is 134 Å². The number of nitrogens with one attached hydrogen (secondary N) is 1. The highest BCUT2D eigenvalue weighted by Crippen LogP contribution is 2.31. The maximum atomic E-state index is 12.1. The molecule has 1 atom stereocenters. The largest absolute Gasteiger partial charge is 0.481 e. The quantitative estimate of drug-likeness (QED) is 0.779. The van der Waals surface area contributed by atoms with Gasteiger partial charge in [-0.1, -0.05) is 41.9 Å². The number of carboxylic acid groups (broad SMARTS) is 1. The Kier molecular flexibility index (Phi) is 6.40. The molecule has 0 spiro atoms. The van der Waals surface area contributed by atoms with Crippen LogP contribution >= 0.6 is 15.9 Å². The van der Waals surface area contributed by atoms with Crippen LogP contribution in [0.25, 0.3) is 0 Å². The first-order chi connectivity index (χ1) is 9.84. The maximum Gasteiger partial charge on any atom is 0.310 e. The molecule has 4 nitrogen and oxygen atoms in total. The average Bonchev–Trinajstić information content (AvgIpc) is 2.45. The Morgan fingerprint density at radius 1 is 1.24 bits per heavy atom. The van der Waals surface area contributed by atoms with E-state index in [2.05, 4.69) is 21.2 Å². The van der Waals surface area contributed by atoms with Gasteiger partial charge >= 0.3 is 5.97 Å². The summed E-state index contributed by atoms with van der Waals surface area (Å²) < 4.78 is 0.978. The van der Waals surface area contributed by atoms with Crippen LogP contribution in [0.1, 0.15) is 51.6 Å². The minimum atomic E-state index is -0.969. The predicted octanol–water partition coefficient (Wildman–Crippen LogP) is 3.91. The molecular weight excluding hydrogens is 334 g/mol. The number of hydrogen-bond donors (Lipinski definition) is 2. The van der Waals surface area contributed by atoms with E-state index in [9.17, 15) is 14.7 Å². The number of rotatable bonds is 7. The number of carboxylic acids is 1. The molecule has 1 unspecified atom stereocenters. The van der Waals surface area contributed by atoms with Crippen molar-refractivity contribution in [2.75, 3.05) is 0 Å². The van der Waals surface area contributed by atoms with Gasteiger partial charge in [0, 0.05) is 10.9 Å². The van der Waals surface area contributed by atoms with Gasteiger partial charge in [0.25, 0.3) is 0 Å². The van der Waals surface area contributed by atoms with Crippen LogP contribution in [0.5, 0.6) is 0 Å². The van der Waals surface area contributed by atoms with Gasteiger partial charge in [-0.05, 0) is 37.5 Å². The lowest BCUT2D eigenvalue weighted by Gasteiger charge is -2.26. The average molecular weight is 356 g/mol. The van der Waals surface area contributed by atoms with Crippen molar-refractivity contribution in [3.8, 4) is 0 Å². The standard InChI is InChI=1S/C16H22BrNO3/c1-4-16(5-2,15(20)21)10-14(19)18-11(3)12-6-8-13(17)9-7-12/h6-9,11H,4-5,10H2,1-3H3,(H,18,19)(H,20,21). The lowest BCUT2D eigenvalue weighted by Crippen LogP contribution is -2.37. The minimum Gasteiger partial charge on any atom is -0.481 e. The highest BCUT2D eigenvalue weighted by molar-refractivity contribution is 9.10. The molecule has 1 aromatic rings. The summed E-state index contributed by atoms with van der Waals surface area (Å²) in [6.07, 6.45) is 0.897. The fraction of sp³-hybridized carbons (Fsp3) is 0.500. The summed E-state index contributed by atoms with van der Waals surface area (Å²) >= 11 is 3.37. The van der Waals surface area contributed by atoms with E-state index in [1.807, 2.05) is 45.0 Å². The number of halogens is 1. The van der Waals surface area contributed by atoms with Crippen LogP contribution in [-0.4, -0.2) is 17.0 Å². The van der Waals surface area contributed by atoms with Crippen LogP contribution in [0.15, 0.2) is 28.7 Å². The van der Waals surface area contributed by atoms with Gasteiger partial charge in [-0.15, -0.1) is 0 Å². The summed E-state index contributed by atoms with van der Waals surface area (Å²) in [5.74, 6) is -1.13. The van der Waals surface area contributed by atoms with Crippen molar-refractivity contribution in [2.45, 2.75) is 46.1 Å². The van der Waals surface area contributed by atoms with Gasteiger partial charge in [-0.3, -0.25) is 9.59 Å². The molecule has 1 rings (SSSR count). The lowest BCUT2D eigenvalue weighted by atomic mass is 9.79. The highest BCUT2D eigenvalue weighted by atomic mass is 79.9. The molecule has 116 valence electrons. The molecule has 0 bridgehead atoms. The Bertz CT molecular complexity index is 495. The molecule has 0 saturated carbocycles. The molecule has 1 amide bonds. The third-order valence-corrected chi connectivity index (χ3v) is 4.58. The topological polar surface area (TPSA) is 66.4 Å². The van der Waals surface area contributed by atoms with Crippen molar-refractivity contribution in [1.29, 1.82) is 0 Å². The number of amides is 1. The van der Waals surface area contributed by atoms with Gasteiger partial charge < -0.3 is 10.4 Å². The second-order valence-electron chi connectivity index (χ2n) is 5.31. The van der Waals surface area contributed by atoms with Crippen LogP contribution in [0, 0.1) is 5.41 Å². The molecule has 21 heavy (non-hydrogen) atoms. The van der Waals surface area contributed by atoms with E-state index >= 15 is 0 Å². The van der Waals surface area contributed by atoms with Gasteiger partial charge in [0.15, 0.2) is 0 Å². The minimum absolute atomic E-state index is 0.0101. The Morgan fingerprint density at radius 3 is 2.19 bits per heavy atom. The monoisotopic (exact) mass is 355 g/mol. The predicted molar refractivity (Wildman–Crippen MR) is 86.0 cm³/mol.